The Hall–Kier alpha value is -2.11. The minimum atomic E-state index is 0. The van der Waals surface area contributed by atoms with Crippen LogP contribution in [-0.2, 0) is 17.1 Å². The second-order valence-corrected chi connectivity index (χ2v) is 0. The second-order valence-electron chi connectivity index (χ2n) is 0. The van der Waals surface area contributed by atoms with E-state index in [0.29, 0.717) is 0 Å². The van der Waals surface area contributed by atoms with Gasteiger partial charge in [-0.3, -0.25) is 0 Å². The molecule has 0 bridgehead atoms. The van der Waals surface area contributed by atoms with Gasteiger partial charge in [-0.05, 0) is 0 Å². The van der Waals surface area contributed by atoms with Crippen LogP contribution in [-0.4, -0.2) is 5.21 Å². The Kier molecular flexibility index (Phi) is 950. The molecule has 0 saturated heterocycles. The van der Waals surface area contributed by atoms with Gasteiger partial charge in [-0.1, -0.05) is 0 Å². The molecule has 0 aliphatic carbocycles. The summed E-state index contributed by atoms with van der Waals surface area (Å²) in [7, 11) is 0. The van der Waals surface area contributed by atoms with Crippen LogP contribution in [0.25, 0.3) is 5.90 Å². The van der Waals surface area contributed by atoms with Gasteiger partial charge in [0, 0.05) is 0 Å². The van der Waals surface area contributed by atoms with Crippen molar-refractivity contribution in [2.75, 3.05) is 0 Å². The average Bonchev–Trinajstić information content (AvgIpc) is 2.33. The van der Waals surface area contributed by atoms with Crippen molar-refractivity contribution in [2.45, 2.75) is 0 Å². The quantitative estimate of drug-likeness (QED) is 0.360. The second kappa shape index (κ2) is 175. The maximum absolute atomic E-state index is 6.25. The van der Waals surface area contributed by atoms with Crippen molar-refractivity contribution in [1.82, 2.24) is 0 Å². The van der Waals surface area contributed by atoms with Crippen molar-refractivity contribution in [1.29, 1.82) is 26.3 Å². The zero-order valence-electron chi connectivity index (χ0n) is 6.04. The minimum absolute atomic E-state index is 0. The molecule has 0 saturated carbocycles. The molecule has 0 atom stereocenters. The van der Waals surface area contributed by atoms with Crippen LogP contribution in [0.5, 0.6) is 0 Å². The van der Waals surface area contributed by atoms with E-state index in [-0.39, 0.29) is 17.1 Å². The molecule has 0 rings (SSSR count). The van der Waals surface area contributed by atoms with E-state index < -0.39 is 0 Å². The first-order valence-electron chi connectivity index (χ1n) is 1.34. The molecule has 0 aromatic heterocycles. The normalized spacial score (nSPS) is 1.23. The summed E-state index contributed by atoms with van der Waals surface area (Å²) in [6, 6.07) is 0. The molecule has 0 radical (unpaired) electrons. The van der Waals surface area contributed by atoms with Crippen LogP contribution in [0.15, 0.2) is 0 Å². The van der Waals surface area contributed by atoms with Gasteiger partial charge in [0.1, 0.15) is 0 Å². The Balaban J connectivity index is -0.00000000655. The monoisotopic (exact) mass is 218 g/mol. The van der Waals surface area contributed by atoms with Gasteiger partial charge in [-0.2, -0.15) is 0 Å². The minimum Gasteiger partial charge on any atom is -0.553 e. The molecular weight excluding hydrogens is 216 g/mol. The zero-order chi connectivity index (χ0) is 12.0. The molecule has 0 amide bonds. The molecule has 2 N–H and O–H groups in total. The van der Waals surface area contributed by atoms with Crippen LogP contribution in [0.3, 0.4) is 0 Å². The van der Waals surface area contributed by atoms with E-state index >= 15 is 0 Å². The number of hydrogen-bond donors (Lipinski definition) is 1. The molecule has 13 heavy (non-hydrogen) atoms. The van der Waals surface area contributed by atoms with Crippen LogP contribution in [0.2, 0.25) is 0 Å². The molecule has 0 heterocycles. The largest absolute Gasteiger partial charge is 4.00 e. The van der Waals surface area contributed by atoms with Crippen LogP contribution in [0.4, 0.5) is 0 Å². The summed E-state index contributed by atoms with van der Waals surface area (Å²) in [6.07, 6.45) is 0. The molecule has 0 aromatic rings. The van der Waals surface area contributed by atoms with Crippen molar-refractivity contribution in [3.05, 3.63) is 38.8 Å². The molecule has 0 spiro atoms. The molecule has 7 nitrogen and oxygen atoms in total. The van der Waals surface area contributed by atoms with E-state index in [1.165, 1.54) is 0 Å². The topological polar surface area (TPSA) is 163 Å². The fourth-order valence-corrected chi connectivity index (χ4v) is 0. The molecule has 8 heteroatoms. The Labute approximate surface area is 87.9 Å². The predicted octanol–water partition coefficient (Wildman–Crippen LogP) is 0.907. The van der Waals surface area contributed by atoms with Crippen LogP contribution >= 0.6 is 0 Å². The Bertz CT molecular complexity index is 79.6. The molecule has 0 aliphatic heterocycles. The summed E-state index contributed by atoms with van der Waals surface area (Å²) in [5, 5.41) is 37.5. The van der Waals surface area contributed by atoms with Gasteiger partial charge in [0.05, 0.1) is 0 Å². The molecule has 0 fully saturated rings. The fourth-order valence-electron chi connectivity index (χ4n) is 0. The van der Waals surface area contributed by atoms with Gasteiger partial charge in [-0.25, -0.2) is 0 Å². The third-order valence-corrected chi connectivity index (χ3v) is 0. The van der Waals surface area contributed by atoms with Crippen molar-refractivity contribution >= 4 is 0 Å². The number of hydrogen-bond acceptors (Lipinski definition) is 6. The van der Waals surface area contributed by atoms with Crippen molar-refractivity contribution in [3.8, 4) is 0 Å². The maximum Gasteiger partial charge on any atom is 4.00 e. The summed E-state index contributed by atoms with van der Waals surface area (Å²) in [6.45, 7) is 23.8. The smallest absolute Gasteiger partial charge is 0.553 e. The maximum atomic E-state index is 6.25. The van der Waals surface area contributed by atoms with Crippen LogP contribution in [0.1, 0.15) is 0 Å². The van der Waals surface area contributed by atoms with Crippen molar-refractivity contribution in [2.24, 2.45) is 0 Å². The Morgan fingerprint density at radius 2 is 0.538 bits per heavy atom. The van der Waals surface area contributed by atoms with Crippen molar-refractivity contribution in [3.63, 3.8) is 0 Å². The van der Waals surface area contributed by atoms with Gasteiger partial charge in [0.2, 0.25) is 0 Å². The summed E-state index contributed by atoms with van der Waals surface area (Å²) < 4.78 is 0. The number of nitrogens with zero attached hydrogens (tertiary/aromatic N) is 5. The number of rotatable bonds is 0. The van der Waals surface area contributed by atoms with E-state index in [9.17, 15) is 0 Å². The molecule has 68 valence electrons. The van der Waals surface area contributed by atoms with Gasteiger partial charge >= 0.3 is 17.1 Å². The third-order valence-electron chi connectivity index (χ3n) is 0. The summed E-state index contributed by atoms with van der Waals surface area (Å²) in [5.74, 6) is 4.75. The van der Waals surface area contributed by atoms with Gasteiger partial charge < -0.3 is 70.3 Å². The molecular formula is C5H2FeN6O-2. The van der Waals surface area contributed by atoms with E-state index in [1.807, 2.05) is 0 Å². The first-order chi connectivity index (χ1) is 6.00. The van der Waals surface area contributed by atoms with Crippen molar-refractivity contribution < 1.29 is 22.3 Å². The predicted molar refractivity (Wildman–Crippen MR) is 30.9 cm³/mol. The zero-order valence-corrected chi connectivity index (χ0v) is 7.14. The van der Waals surface area contributed by atoms with E-state index in [1.54, 1.807) is 0 Å². The summed E-state index contributed by atoms with van der Waals surface area (Å²) in [4.78, 5) is 0. The molecule has 0 unspecified atom stereocenters. The van der Waals surface area contributed by atoms with E-state index in [4.69, 9.17) is 70.3 Å². The standard InChI is InChI=1S/5CN.Fe.H2NO/c5*1-2;;1-2/h;;;;;;1-2H/q5*-1;+4;-1. The fraction of sp³-hybridized carbons (Fsp3) is 0. The first kappa shape index (κ1) is 70.4. The van der Waals surface area contributed by atoms with Gasteiger partial charge in [0.15, 0.2) is 0 Å². The third kappa shape index (κ3) is 138. The Morgan fingerprint density at radius 3 is 0.538 bits per heavy atom. The van der Waals surface area contributed by atoms with Gasteiger partial charge in [0.25, 0.3) is 0 Å². The summed E-state index contributed by atoms with van der Waals surface area (Å²) in [5.41, 5.74) is 0. The van der Waals surface area contributed by atoms with Gasteiger partial charge in [-0.15, -0.1) is 0 Å². The summed E-state index contributed by atoms with van der Waals surface area (Å²) >= 11 is 0. The van der Waals surface area contributed by atoms with E-state index in [0.717, 1.165) is 0 Å². The number of nitrogens with one attached hydrogen (secondary N) is 1. The van der Waals surface area contributed by atoms with E-state index in [2.05, 4.69) is 0 Å². The molecule has 0 aromatic carbocycles. The van der Waals surface area contributed by atoms with Crippen LogP contribution < -0.4 is 0 Å². The van der Waals surface area contributed by atoms with Crippen LogP contribution in [0, 0.1) is 59.2 Å². The SMILES string of the molecule is [C-]#N.[C-]#N.[C-]#N.[C-]#N.[C-]#N.[Fe+4].[NH-]O. The Morgan fingerprint density at radius 1 is 0.538 bits per heavy atom. The average molecular weight is 218 g/mol. The molecule has 0 aliphatic rings. The first-order valence-corrected chi connectivity index (χ1v) is 1.34.